The van der Waals surface area contributed by atoms with Gasteiger partial charge in [-0.05, 0) is 36.6 Å². The second kappa shape index (κ2) is 9.24. The van der Waals surface area contributed by atoms with E-state index < -0.39 is 5.97 Å². The summed E-state index contributed by atoms with van der Waals surface area (Å²) in [5, 5.41) is 9.79. The molecule has 0 aliphatic carbocycles. The highest BCUT2D eigenvalue weighted by Crippen LogP contribution is 2.45. The number of likely N-dealkylation sites (tertiary alicyclic amines) is 1. The van der Waals surface area contributed by atoms with E-state index in [-0.39, 0.29) is 23.8 Å². The lowest BCUT2D eigenvalue weighted by Crippen LogP contribution is -2.40. The molecule has 1 spiro atoms. The van der Waals surface area contributed by atoms with E-state index >= 15 is 0 Å². The minimum Gasteiger partial charge on any atom is -0.493 e. The fourth-order valence-corrected chi connectivity index (χ4v) is 4.78. The summed E-state index contributed by atoms with van der Waals surface area (Å²) in [5.41, 5.74) is 1.25. The van der Waals surface area contributed by atoms with Crippen LogP contribution in [0.4, 0.5) is 4.39 Å². The average Bonchev–Trinajstić information content (AvgIpc) is 3.11. The number of carboxylic acids is 1. The van der Waals surface area contributed by atoms with Gasteiger partial charge in [-0.3, -0.25) is 9.69 Å². The first-order chi connectivity index (χ1) is 15.0. The Morgan fingerprint density at radius 3 is 2.71 bits per heavy atom. The molecule has 1 unspecified atom stereocenters. The van der Waals surface area contributed by atoms with Crippen molar-refractivity contribution in [2.75, 3.05) is 33.4 Å². The van der Waals surface area contributed by atoms with Gasteiger partial charge >= 0.3 is 5.97 Å². The molecule has 2 aliphatic heterocycles. The Kier molecular flexibility index (Phi) is 6.43. The second-order valence-corrected chi connectivity index (χ2v) is 8.40. The SMILES string of the molecule is COc1ccc(CN2CC(C(=O)O)C3(CCOCC3)C2)cc1OCc1ccccc1F. The van der Waals surface area contributed by atoms with Gasteiger partial charge in [-0.2, -0.15) is 0 Å². The maximum atomic E-state index is 13.9. The van der Waals surface area contributed by atoms with Crippen LogP contribution in [0.2, 0.25) is 0 Å². The van der Waals surface area contributed by atoms with Gasteiger partial charge in [0, 0.05) is 43.8 Å². The Balaban J connectivity index is 1.48. The smallest absolute Gasteiger partial charge is 0.308 e. The molecule has 2 aliphatic rings. The number of nitrogens with zero attached hydrogens (tertiary/aromatic N) is 1. The molecular weight excluding hydrogens is 401 g/mol. The van der Waals surface area contributed by atoms with Crippen LogP contribution in [0.5, 0.6) is 11.5 Å². The van der Waals surface area contributed by atoms with Crippen LogP contribution in [-0.2, 0) is 22.7 Å². The summed E-state index contributed by atoms with van der Waals surface area (Å²) in [5.74, 6) is -0.306. The van der Waals surface area contributed by atoms with E-state index in [4.69, 9.17) is 14.2 Å². The zero-order valence-corrected chi connectivity index (χ0v) is 17.7. The molecule has 0 amide bonds. The van der Waals surface area contributed by atoms with Gasteiger partial charge in [0.2, 0.25) is 0 Å². The maximum absolute atomic E-state index is 13.9. The van der Waals surface area contributed by atoms with Gasteiger partial charge in [0.05, 0.1) is 13.0 Å². The highest BCUT2D eigenvalue weighted by atomic mass is 19.1. The lowest BCUT2D eigenvalue weighted by atomic mass is 9.72. The molecule has 7 heteroatoms. The van der Waals surface area contributed by atoms with Crippen LogP contribution >= 0.6 is 0 Å². The van der Waals surface area contributed by atoms with Crippen molar-refractivity contribution >= 4 is 5.97 Å². The molecule has 2 aromatic rings. The third kappa shape index (κ3) is 4.67. The molecular formula is C24H28FNO5. The summed E-state index contributed by atoms with van der Waals surface area (Å²) in [7, 11) is 1.57. The van der Waals surface area contributed by atoms with E-state index in [1.807, 2.05) is 18.2 Å². The van der Waals surface area contributed by atoms with Gasteiger partial charge in [0.15, 0.2) is 11.5 Å². The summed E-state index contributed by atoms with van der Waals surface area (Å²) in [6, 6.07) is 12.2. The second-order valence-electron chi connectivity index (χ2n) is 8.40. The minimum atomic E-state index is -0.729. The van der Waals surface area contributed by atoms with E-state index in [1.165, 1.54) is 6.07 Å². The normalized spacial score (nSPS) is 20.6. The Morgan fingerprint density at radius 2 is 2.00 bits per heavy atom. The largest absolute Gasteiger partial charge is 0.493 e. The average molecular weight is 429 g/mol. The molecule has 0 radical (unpaired) electrons. The van der Waals surface area contributed by atoms with Gasteiger partial charge in [-0.1, -0.05) is 24.3 Å². The highest BCUT2D eigenvalue weighted by molar-refractivity contribution is 5.72. The zero-order chi connectivity index (χ0) is 21.8. The molecule has 31 heavy (non-hydrogen) atoms. The lowest BCUT2D eigenvalue weighted by Gasteiger charge is -2.36. The van der Waals surface area contributed by atoms with Gasteiger partial charge < -0.3 is 19.3 Å². The fraction of sp³-hybridized carbons (Fsp3) is 0.458. The maximum Gasteiger partial charge on any atom is 0.308 e. The number of carboxylic acid groups (broad SMARTS) is 1. The summed E-state index contributed by atoms with van der Waals surface area (Å²) < 4.78 is 30.7. The number of benzene rings is 2. The first-order valence-electron chi connectivity index (χ1n) is 10.6. The highest BCUT2D eigenvalue weighted by Gasteiger charge is 2.50. The van der Waals surface area contributed by atoms with Crippen LogP contribution in [0.25, 0.3) is 0 Å². The van der Waals surface area contributed by atoms with Crippen LogP contribution in [0.3, 0.4) is 0 Å². The Hall–Kier alpha value is -2.64. The van der Waals surface area contributed by atoms with E-state index in [1.54, 1.807) is 25.3 Å². The standard InChI is InChI=1S/C24H28FNO5/c1-29-21-7-6-17(12-22(21)31-15-18-4-2-3-5-20(18)25)13-26-14-19(23(27)28)24(16-26)8-10-30-11-9-24/h2-7,12,19H,8-11,13-16H2,1H3,(H,27,28). The molecule has 0 saturated carbocycles. The molecule has 166 valence electrons. The van der Waals surface area contributed by atoms with Gasteiger partial charge in [0.1, 0.15) is 12.4 Å². The Morgan fingerprint density at radius 1 is 1.23 bits per heavy atom. The van der Waals surface area contributed by atoms with Crippen LogP contribution in [0.15, 0.2) is 42.5 Å². The third-order valence-electron chi connectivity index (χ3n) is 6.48. The van der Waals surface area contributed by atoms with Gasteiger partial charge in [0.25, 0.3) is 0 Å². The molecule has 1 N–H and O–H groups in total. The van der Waals surface area contributed by atoms with Crippen molar-refractivity contribution in [2.45, 2.75) is 26.0 Å². The van der Waals surface area contributed by atoms with Crippen molar-refractivity contribution < 1.29 is 28.5 Å². The zero-order valence-electron chi connectivity index (χ0n) is 17.7. The van der Waals surface area contributed by atoms with E-state index in [0.29, 0.717) is 43.4 Å². The number of carbonyl (C=O) groups is 1. The quantitative estimate of drug-likeness (QED) is 0.724. The van der Waals surface area contributed by atoms with Gasteiger partial charge in [-0.15, -0.1) is 0 Å². The van der Waals surface area contributed by atoms with E-state index in [9.17, 15) is 14.3 Å². The third-order valence-corrected chi connectivity index (χ3v) is 6.48. The van der Waals surface area contributed by atoms with E-state index in [0.717, 1.165) is 24.9 Å². The predicted octanol–water partition coefficient (Wildman–Crippen LogP) is 3.73. The summed E-state index contributed by atoms with van der Waals surface area (Å²) in [6.45, 7) is 3.22. The molecule has 2 saturated heterocycles. The van der Waals surface area contributed by atoms with Crippen molar-refractivity contribution in [2.24, 2.45) is 11.3 Å². The first-order valence-corrected chi connectivity index (χ1v) is 10.6. The van der Waals surface area contributed by atoms with Crippen molar-refractivity contribution in [3.8, 4) is 11.5 Å². The predicted molar refractivity (Wildman–Crippen MR) is 113 cm³/mol. The summed E-state index contributed by atoms with van der Waals surface area (Å²) in [4.78, 5) is 14.1. The molecule has 6 nitrogen and oxygen atoms in total. The number of rotatable bonds is 7. The van der Waals surface area contributed by atoms with Crippen LogP contribution in [0.1, 0.15) is 24.0 Å². The minimum absolute atomic E-state index is 0.0976. The number of aliphatic carboxylic acids is 1. The Labute approximate surface area is 181 Å². The molecule has 0 aromatic heterocycles. The molecule has 0 bridgehead atoms. The monoisotopic (exact) mass is 429 g/mol. The van der Waals surface area contributed by atoms with Crippen LogP contribution in [-0.4, -0.2) is 49.4 Å². The number of hydrogen-bond donors (Lipinski definition) is 1. The summed E-state index contributed by atoms with van der Waals surface area (Å²) >= 11 is 0. The summed E-state index contributed by atoms with van der Waals surface area (Å²) in [6.07, 6.45) is 1.56. The number of hydrogen-bond acceptors (Lipinski definition) is 5. The van der Waals surface area contributed by atoms with Crippen molar-refractivity contribution in [1.29, 1.82) is 0 Å². The van der Waals surface area contributed by atoms with Crippen LogP contribution in [0, 0.1) is 17.2 Å². The van der Waals surface area contributed by atoms with Crippen LogP contribution < -0.4 is 9.47 Å². The fourth-order valence-electron chi connectivity index (χ4n) is 4.78. The number of methoxy groups -OCH3 is 1. The Bertz CT molecular complexity index is 928. The van der Waals surface area contributed by atoms with Crippen molar-refractivity contribution in [3.63, 3.8) is 0 Å². The van der Waals surface area contributed by atoms with Gasteiger partial charge in [-0.25, -0.2) is 4.39 Å². The molecule has 4 rings (SSSR count). The topological polar surface area (TPSA) is 68.2 Å². The van der Waals surface area contributed by atoms with Crippen molar-refractivity contribution in [1.82, 2.24) is 4.90 Å². The lowest BCUT2D eigenvalue weighted by molar-refractivity contribution is -0.147. The molecule has 1 atom stereocenters. The molecule has 2 fully saturated rings. The molecule has 2 aromatic carbocycles. The first kappa shape index (κ1) is 21.6. The molecule has 2 heterocycles. The van der Waals surface area contributed by atoms with Crippen molar-refractivity contribution in [3.05, 3.63) is 59.4 Å². The van der Waals surface area contributed by atoms with E-state index in [2.05, 4.69) is 4.90 Å². The number of ether oxygens (including phenoxy) is 3. The number of halogens is 1.